The molecule has 3 nitrogen and oxygen atoms in total. The highest BCUT2D eigenvalue weighted by Crippen LogP contribution is 2.34. The zero-order valence-corrected chi connectivity index (χ0v) is 13.5. The first-order valence-electron chi connectivity index (χ1n) is 5.32. The van der Waals surface area contributed by atoms with Crippen molar-refractivity contribution < 1.29 is 4.74 Å². The Kier molecular flexibility index (Phi) is 3.06. The van der Waals surface area contributed by atoms with E-state index in [2.05, 4.69) is 79.9 Å². The van der Waals surface area contributed by atoms with E-state index in [1.807, 2.05) is 0 Å². The van der Waals surface area contributed by atoms with Gasteiger partial charge >= 0.3 is 0 Å². The van der Waals surface area contributed by atoms with E-state index in [1.54, 1.807) is 0 Å². The van der Waals surface area contributed by atoms with Crippen LogP contribution in [0.15, 0.2) is 18.2 Å². The molecule has 88 valence electrons. The fraction of sp³-hybridized carbons (Fsp3) is 0.250. The van der Waals surface area contributed by atoms with Gasteiger partial charge in [0.05, 0.1) is 12.1 Å². The van der Waals surface area contributed by atoms with Crippen LogP contribution in [-0.4, -0.2) is 16.2 Å². The maximum Gasteiger partial charge on any atom is 0.145 e. The Balaban J connectivity index is 2.27. The van der Waals surface area contributed by atoms with Crippen LogP contribution in [0.5, 0.6) is 5.75 Å². The smallest absolute Gasteiger partial charge is 0.145 e. The number of aryl methyl sites for hydroxylation is 1. The monoisotopic (exact) mass is 452 g/mol. The van der Waals surface area contributed by atoms with Crippen LogP contribution >= 0.6 is 45.2 Å². The van der Waals surface area contributed by atoms with Gasteiger partial charge in [0.2, 0.25) is 0 Å². The molecule has 2 heterocycles. The largest absolute Gasteiger partial charge is 0.491 e. The van der Waals surface area contributed by atoms with E-state index < -0.39 is 0 Å². The second kappa shape index (κ2) is 4.42. The van der Waals surface area contributed by atoms with Gasteiger partial charge in [-0.15, -0.1) is 0 Å². The van der Waals surface area contributed by atoms with E-state index in [9.17, 15) is 0 Å². The molecular formula is C12H10I2N2O. The Hall–Kier alpha value is -0.310. The molecule has 0 N–H and O–H groups in total. The third kappa shape index (κ3) is 1.96. The Bertz CT molecular complexity index is 592. The van der Waals surface area contributed by atoms with Crippen molar-refractivity contribution in [1.29, 1.82) is 0 Å². The highest BCUT2D eigenvalue weighted by Gasteiger charge is 2.20. The topological polar surface area (TPSA) is 27.1 Å². The Morgan fingerprint density at radius 1 is 1.35 bits per heavy atom. The van der Waals surface area contributed by atoms with Crippen molar-refractivity contribution in [1.82, 2.24) is 9.55 Å². The molecule has 0 fully saturated rings. The zero-order chi connectivity index (χ0) is 12.0. The van der Waals surface area contributed by atoms with Crippen LogP contribution in [0.1, 0.15) is 5.56 Å². The van der Waals surface area contributed by atoms with Crippen molar-refractivity contribution >= 4 is 45.2 Å². The molecule has 0 saturated heterocycles. The highest BCUT2D eigenvalue weighted by atomic mass is 127. The molecule has 0 bridgehead atoms. The summed E-state index contributed by atoms with van der Waals surface area (Å²) in [6, 6.07) is 6.28. The van der Waals surface area contributed by atoms with Gasteiger partial charge in [0.1, 0.15) is 25.6 Å². The molecule has 0 amide bonds. The van der Waals surface area contributed by atoms with Gasteiger partial charge < -0.3 is 9.30 Å². The first-order chi connectivity index (χ1) is 8.16. The van der Waals surface area contributed by atoms with E-state index in [0.717, 1.165) is 27.4 Å². The number of imidazole rings is 1. The van der Waals surface area contributed by atoms with Crippen LogP contribution in [-0.2, 0) is 6.54 Å². The molecular weight excluding hydrogens is 442 g/mol. The van der Waals surface area contributed by atoms with Crippen LogP contribution in [0.3, 0.4) is 0 Å². The lowest BCUT2D eigenvalue weighted by molar-refractivity contribution is 0.305. The molecule has 1 aromatic heterocycles. The van der Waals surface area contributed by atoms with Crippen molar-refractivity contribution in [3.05, 3.63) is 31.2 Å². The number of nitrogens with zero attached hydrogens (tertiary/aromatic N) is 2. The molecule has 0 spiro atoms. The maximum atomic E-state index is 5.80. The zero-order valence-electron chi connectivity index (χ0n) is 9.20. The second-order valence-corrected chi connectivity index (χ2v) is 6.06. The molecule has 3 rings (SSSR count). The molecule has 0 saturated carbocycles. The minimum atomic E-state index is 0.700. The number of halogens is 2. The average Bonchev–Trinajstić information content (AvgIpc) is 2.49. The van der Waals surface area contributed by atoms with Crippen molar-refractivity contribution in [3.8, 4) is 17.1 Å². The van der Waals surface area contributed by atoms with Crippen LogP contribution in [0.2, 0.25) is 0 Å². The minimum Gasteiger partial charge on any atom is -0.491 e. The summed E-state index contributed by atoms with van der Waals surface area (Å²) < 4.78 is 10.3. The van der Waals surface area contributed by atoms with Gasteiger partial charge in [-0.3, -0.25) is 0 Å². The fourth-order valence-corrected chi connectivity index (χ4v) is 3.10. The summed E-state index contributed by atoms with van der Waals surface area (Å²) in [6.45, 7) is 3.64. The summed E-state index contributed by atoms with van der Waals surface area (Å²) in [7, 11) is 0. The molecule has 2 aromatic rings. The number of hydrogen-bond acceptors (Lipinski definition) is 2. The number of rotatable bonds is 0. The van der Waals surface area contributed by atoms with Crippen LogP contribution in [0.4, 0.5) is 0 Å². The predicted octanol–water partition coefficient (Wildman–Crippen LogP) is 3.46. The molecule has 1 aliphatic rings. The first-order valence-corrected chi connectivity index (χ1v) is 7.48. The van der Waals surface area contributed by atoms with Crippen molar-refractivity contribution in [2.24, 2.45) is 0 Å². The molecule has 0 radical (unpaired) electrons. The predicted molar refractivity (Wildman–Crippen MR) is 83.3 cm³/mol. The molecule has 0 unspecified atom stereocenters. The van der Waals surface area contributed by atoms with Gasteiger partial charge in [0.25, 0.3) is 0 Å². The molecule has 5 heteroatoms. The van der Waals surface area contributed by atoms with E-state index in [1.165, 1.54) is 9.26 Å². The lowest BCUT2D eigenvalue weighted by atomic mass is 10.1. The van der Waals surface area contributed by atoms with Gasteiger partial charge in [-0.05, 0) is 69.8 Å². The van der Waals surface area contributed by atoms with Gasteiger partial charge in [-0.1, -0.05) is 6.07 Å². The van der Waals surface area contributed by atoms with Gasteiger partial charge in [0.15, 0.2) is 0 Å². The highest BCUT2D eigenvalue weighted by molar-refractivity contribution is 14.1. The van der Waals surface area contributed by atoms with Crippen molar-refractivity contribution in [2.45, 2.75) is 13.5 Å². The molecule has 0 aliphatic carbocycles. The van der Waals surface area contributed by atoms with Crippen molar-refractivity contribution in [2.75, 3.05) is 6.61 Å². The summed E-state index contributed by atoms with van der Waals surface area (Å²) >= 11 is 4.63. The quantitative estimate of drug-likeness (QED) is 0.573. The maximum absolute atomic E-state index is 5.80. The van der Waals surface area contributed by atoms with Crippen molar-refractivity contribution in [3.63, 3.8) is 0 Å². The van der Waals surface area contributed by atoms with E-state index in [-0.39, 0.29) is 0 Å². The third-order valence-electron chi connectivity index (χ3n) is 2.82. The van der Waals surface area contributed by atoms with Gasteiger partial charge in [-0.25, -0.2) is 4.98 Å². The average molecular weight is 452 g/mol. The number of ether oxygens (including phenoxy) is 1. The number of aromatic nitrogens is 2. The Labute approximate surface area is 127 Å². The summed E-state index contributed by atoms with van der Waals surface area (Å²) in [5.74, 6) is 1.97. The minimum absolute atomic E-state index is 0.700. The van der Waals surface area contributed by atoms with Crippen LogP contribution < -0.4 is 4.74 Å². The van der Waals surface area contributed by atoms with E-state index in [0.29, 0.717) is 6.61 Å². The molecule has 17 heavy (non-hydrogen) atoms. The standard InChI is InChI=1S/C12H10I2N2O/c1-7-2-3-8-9(6-7)17-5-4-16-11(14)10(13)15-12(8)16/h2-3,6H,4-5H2,1H3. The second-order valence-electron chi connectivity index (χ2n) is 4.02. The number of benzene rings is 1. The fourth-order valence-electron chi connectivity index (χ4n) is 1.99. The molecule has 1 aromatic carbocycles. The van der Waals surface area contributed by atoms with E-state index >= 15 is 0 Å². The van der Waals surface area contributed by atoms with Crippen LogP contribution in [0.25, 0.3) is 11.4 Å². The SMILES string of the molecule is Cc1ccc2c(c1)OCCn1c-2nc(I)c1I. The van der Waals surface area contributed by atoms with E-state index in [4.69, 9.17) is 4.74 Å². The summed E-state index contributed by atoms with van der Waals surface area (Å²) in [5, 5.41) is 0. The summed E-state index contributed by atoms with van der Waals surface area (Å²) in [6.07, 6.45) is 0. The number of fused-ring (bicyclic) bond motifs is 3. The lowest BCUT2D eigenvalue weighted by Crippen LogP contribution is -2.07. The summed E-state index contributed by atoms with van der Waals surface area (Å²) in [5.41, 5.74) is 2.31. The summed E-state index contributed by atoms with van der Waals surface area (Å²) in [4.78, 5) is 4.64. The van der Waals surface area contributed by atoms with Gasteiger partial charge in [0, 0.05) is 0 Å². The van der Waals surface area contributed by atoms with Crippen LogP contribution in [0, 0.1) is 14.3 Å². The molecule has 0 atom stereocenters. The Morgan fingerprint density at radius 3 is 3.00 bits per heavy atom. The molecule has 1 aliphatic heterocycles. The number of hydrogen-bond donors (Lipinski definition) is 0. The lowest BCUT2D eigenvalue weighted by Gasteiger charge is -2.06. The Morgan fingerprint density at radius 2 is 2.18 bits per heavy atom. The van der Waals surface area contributed by atoms with Gasteiger partial charge in [-0.2, -0.15) is 0 Å². The third-order valence-corrected chi connectivity index (χ3v) is 5.69. The first kappa shape index (κ1) is 11.8. The normalized spacial score (nSPS) is 13.6.